The first-order chi connectivity index (χ1) is 28.5. The molecule has 0 aliphatic heterocycles. The fourth-order valence-corrected chi connectivity index (χ4v) is 11.1. The minimum Gasteiger partial charge on any atom is -0.691 e. The molecule has 0 aromatic rings. The number of hydrogen-bond donors (Lipinski definition) is 0. The van der Waals surface area contributed by atoms with E-state index in [9.17, 15) is 0 Å². The van der Waals surface area contributed by atoms with E-state index < -0.39 is 22.8 Å². The van der Waals surface area contributed by atoms with E-state index >= 15 is 0 Å². The Kier molecular flexibility index (Phi) is 67.4. The Bertz CT molecular complexity index is 856. The maximum Gasteiger partial charge on any atom is 4.00 e. The smallest absolute Gasteiger partial charge is 0.691 e. The van der Waals surface area contributed by atoms with Crippen molar-refractivity contribution >= 4 is 119 Å². The molecule has 0 unspecified atom stereocenters. The molecule has 0 atom stereocenters. The first-order valence-electron chi connectivity index (χ1n) is 22.9. The number of rotatable bonds is 40. The van der Waals surface area contributed by atoms with Crippen molar-refractivity contribution in [3.8, 4) is 0 Å². The zero-order valence-electron chi connectivity index (χ0n) is 39.4. The Morgan fingerprint density at radius 1 is 0.246 bits per heavy atom. The van der Waals surface area contributed by atoms with Gasteiger partial charge in [0.15, 0.2) is 0 Å². The molecule has 0 aromatic carbocycles. The summed E-state index contributed by atoms with van der Waals surface area (Å²) in [5.74, 6) is 0. The van der Waals surface area contributed by atoms with Gasteiger partial charge in [-0.25, -0.2) is 0 Å². The molecular formula is C40H88MoO8P4S8. The van der Waals surface area contributed by atoms with Crippen LogP contribution >= 0.6 is 22.8 Å². The summed E-state index contributed by atoms with van der Waals surface area (Å²) in [6.45, 7) is 22.5. The standard InChI is InChI=1S/4C10H23O2PS2.Mo/c4*1-3-5-7-9-11-13(14,15)12-10-8-6-4-2;/h4*3-10H2,1-2H3,(H,14,15);/q;;;;+4/p-4. The van der Waals surface area contributed by atoms with Crippen molar-refractivity contribution in [3.63, 3.8) is 0 Å². The summed E-state index contributed by atoms with van der Waals surface area (Å²) in [5, 5.41) is 0. The molecule has 0 radical (unpaired) electrons. The molecule has 0 spiro atoms. The summed E-state index contributed by atoms with van der Waals surface area (Å²) in [7, 11) is 0. The van der Waals surface area contributed by atoms with E-state index in [-0.39, 0.29) is 21.1 Å². The molecular weight excluding hydrogens is 1080 g/mol. The van der Waals surface area contributed by atoms with Gasteiger partial charge < -0.3 is 85.2 Å². The third-order valence-corrected chi connectivity index (χ3v) is 17.0. The molecule has 0 N–H and O–H groups in total. The fraction of sp³-hybridized carbons (Fsp3) is 1.00. The first kappa shape index (κ1) is 74.3. The van der Waals surface area contributed by atoms with E-state index in [4.69, 9.17) is 132 Å². The van der Waals surface area contributed by atoms with Crippen LogP contribution in [0.2, 0.25) is 0 Å². The van der Waals surface area contributed by atoms with Crippen LogP contribution in [0.15, 0.2) is 0 Å². The number of unbranched alkanes of at least 4 members (excludes halogenated alkanes) is 16. The van der Waals surface area contributed by atoms with Crippen LogP contribution in [0.25, 0.3) is 0 Å². The predicted octanol–water partition coefficient (Wildman–Crippen LogP) is 16.7. The van der Waals surface area contributed by atoms with Gasteiger partial charge in [0, 0.05) is 0 Å². The summed E-state index contributed by atoms with van der Waals surface area (Å²) >= 11 is 41.0. The summed E-state index contributed by atoms with van der Waals surface area (Å²) in [6, 6.07) is 0. The molecule has 0 rings (SSSR count). The quantitative estimate of drug-likeness (QED) is 0.0253. The van der Waals surface area contributed by atoms with E-state index in [1.807, 2.05) is 0 Å². The van der Waals surface area contributed by atoms with Gasteiger partial charge in [0.1, 0.15) is 0 Å². The van der Waals surface area contributed by atoms with Crippen molar-refractivity contribution in [1.29, 1.82) is 0 Å². The molecule has 370 valence electrons. The molecule has 0 heterocycles. The van der Waals surface area contributed by atoms with Crippen molar-refractivity contribution in [2.75, 3.05) is 52.9 Å². The normalized spacial score (nSPS) is 11.7. The van der Waals surface area contributed by atoms with Crippen molar-refractivity contribution in [2.24, 2.45) is 0 Å². The Balaban J connectivity index is -0.000000227. The average Bonchev–Trinajstić information content (AvgIpc) is 3.20. The Labute approximate surface area is 434 Å². The summed E-state index contributed by atoms with van der Waals surface area (Å²) in [6.07, 6.45) is 27.0. The molecule has 61 heavy (non-hydrogen) atoms. The van der Waals surface area contributed by atoms with Crippen LogP contribution in [0.5, 0.6) is 0 Å². The van der Waals surface area contributed by atoms with Gasteiger partial charge in [0.05, 0.1) is 75.6 Å². The van der Waals surface area contributed by atoms with Crippen molar-refractivity contribution in [3.05, 3.63) is 0 Å². The van der Waals surface area contributed by atoms with E-state index in [1.165, 1.54) is 103 Å². The van der Waals surface area contributed by atoms with Crippen molar-refractivity contribution in [2.45, 2.75) is 209 Å². The van der Waals surface area contributed by atoms with Crippen LogP contribution in [0.1, 0.15) is 209 Å². The van der Waals surface area contributed by atoms with Gasteiger partial charge in [-0.15, -0.1) is 0 Å². The summed E-state index contributed by atoms with van der Waals surface area (Å²) in [5.41, 5.74) is -9.42. The van der Waals surface area contributed by atoms with Gasteiger partial charge in [-0.1, -0.05) is 205 Å². The van der Waals surface area contributed by atoms with Gasteiger partial charge in [-0.3, -0.25) is 0 Å². The third kappa shape index (κ3) is 68.7. The monoisotopic (exact) mass is 1170 g/mol. The van der Waals surface area contributed by atoms with Crippen LogP contribution in [-0.2, 0) is 153 Å². The largest absolute Gasteiger partial charge is 4.00 e. The van der Waals surface area contributed by atoms with Crippen LogP contribution in [-0.4, -0.2) is 52.9 Å². The van der Waals surface area contributed by atoms with Crippen LogP contribution in [0.4, 0.5) is 0 Å². The molecule has 0 saturated heterocycles. The Morgan fingerprint density at radius 2 is 0.344 bits per heavy atom. The Hall–Kier alpha value is 4.37. The molecule has 0 bridgehead atoms. The fourth-order valence-electron chi connectivity index (χ4n) is 4.38. The molecule has 0 saturated carbocycles. The third-order valence-electron chi connectivity index (χ3n) is 7.98. The van der Waals surface area contributed by atoms with Crippen molar-refractivity contribution in [1.82, 2.24) is 0 Å². The van der Waals surface area contributed by atoms with Gasteiger partial charge in [0.25, 0.3) is 0 Å². The topological polar surface area (TPSA) is 73.8 Å². The average molecular weight is 1170 g/mol. The van der Waals surface area contributed by atoms with E-state index in [2.05, 4.69) is 55.4 Å². The van der Waals surface area contributed by atoms with Gasteiger partial charge >= 0.3 is 21.1 Å². The second-order valence-corrected chi connectivity index (χ2v) is 34.1. The summed E-state index contributed by atoms with van der Waals surface area (Å²) in [4.78, 5) is 0. The minimum atomic E-state index is -2.36. The zero-order valence-corrected chi connectivity index (χ0v) is 51.5. The molecule has 0 aromatic heterocycles. The van der Waals surface area contributed by atoms with E-state index in [0.717, 1.165) is 51.4 Å². The van der Waals surface area contributed by atoms with E-state index in [1.54, 1.807) is 0 Å². The molecule has 0 amide bonds. The molecule has 0 aliphatic rings. The maximum absolute atomic E-state index is 5.43. The van der Waals surface area contributed by atoms with E-state index in [0.29, 0.717) is 52.9 Å². The minimum absolute atomic E-state index is 0. The zero-order chi connectivity index (χ0) is 46.3. The van der Waals surface area contributed by atoms with Gasteiger partial charge in [-0.2, -0.15) is 0 Å². The molecule has 21 heteroatoms. The second-order valence-electron chi connectivity index (χ2n) is 14.1. The van der Waals surface area contributed by atoms with Crippen molar-refractivity contribution < 1.29 is 57.3 Å². The predicted molar refractivity (Wildman–Crippen MR) is 290 cm³/mol. The molecule has 0 aliphatic carbocycles. The van der Waals surface area contributed by atoms with Gasteiger partial charge in [0.2, 0.25) is 0 Å². The molecule has 8 nitrogen and oxygen atoms in total. The Morgan fingerprint density at radius 3 is 0.426 bits per heavy atom. The SMILES string of the molecule is CCCCCOP(=S)([S-])OCCCCC.CCCCCOP(=S)([S-])OCCCCC.CCCCCOP(=S)([S-])OCCCCC.CCCCCOP(=S)([S-])OCCCCC.[Mo+4]. The number of hydrogen-bond acceptors (Lipinski definition) is 16. The maximum atomic E-state index is 5.43. The van der Waals surface area contributed by atoms with Crippen LogP contribution in [0.3, 0.4) is 0 Å². The second kappa shape index (κ2) is 55.3. The van der Waals surface area contributed by atoms with Crippen LogP contribution in [0, 0.1) is 0 Å². The first-order valence-corrected chi connectivity index (χ1v) is 37.5. The van der Waals surface area contributed by atoms with Gasteiger partial charge in [-0.05, 0) is 51.4 Å². The summed E-state index contributed by atoms with van der Waals surface area (Å²) < 4.78 is 43.4. The van der Waals surface area contributed by atoms with Crippen LogP contribution < -0.4 is 0 Å². The molecule has 0 fully saturated rings.